The van der Waals surface area contributed by atoms with Crippen LogP contribution in [-0.2, 0) is 5.41 Å². The topological polar surface area (TPSA) is 68.9 Å². The van der Waals surface area contributed by atoms with E-state index in [4.69, 9.17) is 17.3 Å². The number of halogens is 1. The van der Waals surface area contributed by atoms with Crippen molar-refractivity contribution >= 4 is 17.5 Å². The molecule has 1 amide bonds. The minimum Gasteiger partial charge on any atom is -0.364 e. The molecule has 1 aromatic heterocycles. The van der Waals surface area contributed by atoms with Gasteiger partial charge in [0.25, 0.3) is 5.91 Å². The minimum atomic E-state index is -0.625. The quantitative estimate of drug-likeness (QED) is 0.769. The van der Waals surface area contributed by atoms with Crippen molar-refractivity contribution in [2.45, 2.75) is 26.2 Å². The summed E-state index contributed by atoms with van der Waals surface area (Å²) < 4.78 is 0. The van der Waals surface area contributed by atoms with Crippen LogP contribution in [0.2, 0.25) is 5.15 Å². The standard InChI is InChI=1S/C9H12ClN3O/c1-9(2,3)6-7(10)13-5(4-12-6)8(11)14/h4H,1-3H3,(H2,11,14). The number of carbonyl (C=O) groups excluding carboxylic acids is 1. The van der Waals surface area contributed by atoms with E-state index < -0.39 is 5.91 Å². The molecule has 2 N–H and O–H groups in total. The fraction of sp³-hybridized carbons (Fsp3) is 0.444. The molecule has 0 fully saturated rings. The van der Waals surface area contributed by atoms with Gasteiger partial charge in [0.05, 0.1) is 11.9 Å². The van der Waals surface area contributed by atoms with Gasteiger partial charge in [-0.15, -0.1) is 0 Å². The van der Waals surface area contributed by atoms with Crippen LogP contribution in [0.3, 0.4) is 0 Å². The van der Waals surface area contributed by atoms with E-state index in [1.165, 1.54) is 6.20 Å². The molecule has 0 radical (unpaired) electrons. The molecule has 1 aromatic rings. The molecule has 5 heteroatoms. The van der Waals surface area contributed by atoms with Crippen molar-refractivity contribution in [3.8, 4) is 0 Å². The van der Waals surface area contributed by atoms with E-state index in [1.54, 1.807) is 0 Å². The molecule has 1 rings (SSSR count). The van der Waals surface area contributed by atoms with Crippen molar-refractivity contribution in [3.63, 3.8) is 0 Å². The van der Waals surface area contributed by atoms with Crippen LogP contribution in [0, 0.1) is 0 Å². The lowest BCUT2D eigenvalue weighted by molar-refractivity contribution is 0.0995. The zero-order valence-electron chi connectivity index (χ0n) is 8.34. The van der Waals surface area contributed by atoms with Crippen molar-refractivity contribution in [2.24, 2.45) is 5.73 Å². The first kappa shape index (κ1) is 10.9. The van der Waals surface area contributed by atoms with E-state index in [2.05, 4.69) is 9.97 Å². The van der Waals surface area contributed by atoms with E-state index in [0.717, 1.165) is 0 Å². The fourth-order valence-electron chi connectivity index (χ4n) is 0.988. The second-order valence-corrected chi connectivity index (χ2v) is 4.37. The van der Waals surface area contributed by atoms with Crippen LogP contribution in [-0.4, -0.2) is 15.9 Å². The fourth-order valence-corrected chi connectivity index (χ4v) is 1.41. The third-order valence-electron chi connectivity index (χ3n) is 1.69. The van der Waals surface area contributed by atoms with Gasteiger partial charge in [0.15, 0.2) is 5.15 Å². The third kappa shape index (κ3) is 2.20. The zero-order chi connectivity index (χ0) is 10.9. The third-order valence-corrected chi connectivity index (χ3v) is 1.96. The highest BCUT2D eigenvalue weighted by molar-refractivity contribution is 6.30. The Morgan fingerprint density at radius 1 is 1.50 bits per heavy atom. The van der Waals surface area contributed by atoms with Crippen molar-refractivity contribution in [3.05, 3.63) is 22.7 Å². The Hall–Kier alpha value is -1.16. The first-order chi connectivity index (χ1) is 6.32. The highest BCUT2D eigenvalue weighted by atomic mass is 35.5. The molecular formula is C9H12ClN3O. The average Bonchev–Trinajstić information content (AvgIpc) is 2.01. The number of primary amides is 1. The van der Waals surface area contributed by atoms with Gasteiger partial charge in [0.1, 0.15) is 5.69 Å². The first-order valence-corrected chi connectivity index (χ1v) is 4.53. The summed E-state index contributed by atoms with van der Waals surface area (Å²) in [6, 6.07) is 0. The maximum Gasteiger partial charge on any atom is 0.268 e. The van der Waals surface area contributed by atoms with Gasteiger partial charge in [-0.2, -0.15) is 0 Å². The molecule has 0 aliphatic rings. The van der Waals surface area contributed by atoms with Crippen LogP contribution in [0.25, 0.3) is 0 Å². The molecule has 76 valence electrons. The maximum absolute atomic E-state index is 10.8. The predicted molar refractivity (Wildman–Crippen MR) is 54.3 cm³/mol. The van der Waals surface area contributed by atoms with Gasteiger partial charge in [0, 0.05) is 5.41 Å². The van der Waals surface area contributed by atoms with Crippen LogP contribution < -0.4 is 5.73 Å². The normalized spacial score (nSPS) is 11.4. The molecule has 0 atom stereocenters. The smallest absolute Gasteiger partial charge is 0.268 e. The number of carbonyl (C=O) groups is 1. The van der Waals surface area contributed by atoms with Gasteiger partial charge < -0.3 is 5.73 Å². The number of nitrogens with zero attached hydrogens (tertiary/aromatic N) is 2. The summed E-state index contributed by atoms with van der Waals surface area (Å²) in [6.45, 7) is 5.90. The van der Waals surface area contributed by atoms with Gasteiger partial charge in [0.2, 0.25) is 0 Å². The number of rotatable bonds is 1. The summed E-state index contributed by atoms with van der Waals surface area (Å²) in [5.41, 5.74) is 5.59. The molecule has 0 saturated heterocycles. The number of aromatic nitrogens is 2. The van der Waals surface area contributed by atoms with Crippen LogP contribution >= 0.6 is 11.6 Å². The van der Waals surface area contributed by atoms with Gasteiger partial charge in [-0.05, 0) is 0 Å². The summed E-state index contributed by atoms with van der Waals surface area (Å²) in [4.78, 5) is 18.7. The van der Waals surface area contributed by atoms with Gasteiger partial charge in [-0.3, -0.25) is 9.78 Å². The molecule has 0 bridgehead atoms. The monoisotopic (exact) mass is 213 g/mol. The van der Waals surface area contributed by atoms with E-state index >= 15 is 0 Å². The largest absolute Gasteiger partial charge is 0.364 e. The highest BCUT2D eigenvalue weighted by Gasteiger charge is 2.20. The minimum absolute atomic E-state index is 0.0861. The van der Waals surface area contributed by atoms with E-state index in [0.29, 0.717) is 5.69 Å². The summed E-state index contributed by atoms with van der Waals surface area (Å²) >= 11 is 5.88. The van der Waals surface area contributed by atoms with Crippen LogP contribution in [0.4, 0.5) is 0 Å². The molecule has 1 heterocycles. The number of nitrogens with two attached hydrogens (primary N) is 1. The van der Waals surface area contributed by atoms with Gasteiger partial charge >= 0.3 is 0 Å². The number of amides is 1. The maximum atomic E-state index is 10.8. The molecule has 0 unspecified atom stereocenters. The summed E-state index contributed by atoms with van der Waals surface area (Å²) in [5, 5.41) is 0.230. The second kappa shape index (κ2) is 3.53. The lowest BCUT2D eigenvalue weighted by Gasteiger charge is -2.18. The second-order valence-electron chi connectivity index (χ2n) is 4.01. The van der Waals surface area contributed by atoms with Gasteiger partial charge in [-0.1, -0.05) is 32.4 Å². The highest BCUT2D eigenvalue weighted by Crippen LogP contribution is 2.25. The van der Waals surface area contributed by atoms with Crippen molar-refractivity contribution in [1.82, 2.24) is 9.97 Å². The van der Waals surface area contributed by atoms with Crippen LogP contribution in [0.5, 0.6) is 0 Å². The molecule has 0 aliphatic carbocycles. The number of hydrogen-bond donors (Lipinski definition) is 1. The van der Waals surface area contributed by atoms with E-state index in [9.17, 15) is 4.79 Å². The summed E-state index contributed by atoms with van der Waals surface area (Å²) in [7, 11) is 0. The molecule has 0 saturated carbocycles. The first-order valence-electron chi connectivity index (χ1n) is 4.15. The van der Waals surface area contributed by atoms with Crippen molar-refractivity contribution < 1.29 is 4.79 Å². The summed E-state index contributed by atoms with van der Waals surface area (Å²) in [6.07, 6.45) is 1.34. The SMILES string of the molecule is CC(C)(C)c1ncc(C(N)=O)nc1Cl. The van der Waals surface area contributed by atoms with E-state index in [-0.39, 0.29) is 16.3 Å². The van der Waals surface area contributed by atoms with E-state index in [1.807, 2.05) is 20.8 Å². The van der Waals surface area contributed by atoms with Crippen LogP contribution in [0.1, 0.15) is 37.0 Å². The Morgan fingerprint density at radius 3 is 2.43 bits per heavy atom. The Bertz CT molecular complexity index is 371. The Kier molecular flexibility index (Phi) is 2.76. The molecule has 14 heavy (non-hydrogen) atoms. The molecule has 0 spiro atoms. The molecule has 0 aromatic carbocycles. The lowest BCUT2D eigenvalue weighted by atomic mass is 9.92. The number of hydrogen-bond acceptors (Lipinski definition) is 3. The Labute approximate surface area is 87.5 Å². The lowest BCUT2D eigenvalue weighted by Crippen LogP contribution is -2.19. The predicted octanol–water partition coefficient (Wildman–Crippen LogP) is 1.53. The Balaban J connectivity index is 3.21. The molecule has 0 aliphatic heterocycles. The van der Waals surface area contributed by atoms with Gasteiger partial charge in [-0.25, -0.2) is 4.98 Å². The van der Waals surface area contributed by atoms with Crippen molar-refractivity contribution in [1.29, 1.82) is 0 Å². The Morgan fingerprint density at radius 2 is 2.07 bits per heavy atom. The average molecular weight is 214 g/mol. The molecule has 4 nitrogen and oxygen atoms in total. The zero-order valence-corrected chi connectivity index (χ0v) is 9.09. The molecular weight excluding hydrogens is 202 g/mol. The summed E-state index contributed by atoms with van der Waals surface area (Å²) in [5.74, 6) is -0.625. The van der Waals surface area contributed by atoms with Crippen LogP contribution in [0.15, 0.2) is 6.20 Å². The van der Waals surface area contributed by atoms with Crippen molar-refractivity contribution in [2.75, 3.05) is 0 Å².